The van der Waals surface area contributed by atoms with Gasteiger partial charge in [0.05, 0.1) is 12.3 Å². The lowest BCUT2D eigenvalue weighted by Crippen LogP contribution is -1.99. The lowest BCUT2D eigenvalue weighted by atomic mass is 10.1. The summed E-state index contributed by atoms with van der Waals surface area (Å²) in [4.78, 5) is 15.8. The minimum atomic E-state index is -0.967. The molecule has 0 aliphatic carbocycles. The number of rotatable bonds is 4. The Labute approximate surface area is 123 Å². The third-order valence-corrected chi connectivity index (χ3v) is 4.20. The van der Waals surface area contributed by atoms with E-state index in [1.165, 1.54) is 18.4 Å². The van der Waals surface area contributed by atoms with E-state index in [1.807, 2.05) is 25.1 Å². The van der Waals surface area contributed by atoms with Crippen LogP contribution in [0.1, 0.15) is 20.9 Å². The van der Waals surface area contributed by atoms with Gasteiger partial charge in [-0.1, -0.05) is 22.0 Å². The summed E-state index contributed by atoms with van der Waals surface area (Å²) in [5.74, 6) is -0.967. The lowest BCUT2D eigenvalue weighted by Gasteiger charge is -2.02. The SMILES string of the molecule is COCc1nc(-c2ccc(Br)cc2C)sc1C(=O)O. The Morgan fingerprint density at radius 2 is 2.26 bits per heavy atom. The van der Waals surface area contributed by atoms with Gasteiger partial charge in [0.15, 0.2) is 0 Å². The first kappa shape index (κ1) is 14.2. The summed E-state index contributed by atoms with van der Waals surface area (Å²) in [6, 6.07) is 5.83. The number of carbonyl (C=O) groups is 1. The molecule has 6 heteroatoms. The number of aryl methyl sites for hydroxylation is 1. The van der Waals surface area contributed by atoms with Gasteiger partial charge in [0.2, 0.25) is 0 Å². The Hall–Kier alpha value is -1.24. The van der Waals surface area contributed by atoms with E-state index in [2.05, 4.69) is 20.9 Å². The monoisotopic (exact) mass is 341 g/mol. The zero-order valence-corrected chi connectivity index (χ0v) is 12.8. The highest BCUT2D eigenvalue weighted by Gasteiger charge is 2.18. The molecular weight excluding hydrogens is 330 g/mol. The van der Waals surface area contributed by atoms with E-state index >= 15 is 0 Å². The highest BCUT2D eigenvalue weighted by atomic mass is 79.9. The van der Waals surface area contributed by atoms with Crippen LogP contribution >= 0.6 is 27.3 Å². The Morgan fingerprint density at radius 3 is 2.84 bits per heavy atom. The molecule has 0 radical (unpaired) electrons. The number of benzene rings is 1. The largest absolute Gasteiger partial charge is 0.477 e. The minimum Gasteiger partial charge on any atom is -0.477 e. The van der Waals surface area contributed by atoms with Gasteiger partial charge in [-0.05, 0) is 24.6 Å². The molecule has 0 fully saturated rings. The number of hydrogen-bond acceptors (Lipinski definition) is 4. The number of aromatic carboxylic acids is 1. The number of carboxylic acid groups (broad SMARTS) is 1. The Bertz CT molecular complexity index is 624. The predicted molar refractivity (Wildman–Crippen MR) is 77.7 cm³/mol. The molecule has 0 aliphatic heterocycles. The topological polar surface area (TPSA) is 59.4 Å². The molecule has 0 bridgehead atoms. The van der Waals surface area contributed by atoms with E-state index in [1.54, 1.807) is 0 Å². The molecule has 2 rings (SSSR count). The average molecular weight is 342 g/mol. The summed E-state index contributed by atoms with van der Waals surface area (Å²) in [6.45, 7) is 2.17. The highest BCUT2D eigenvalue weighted by Crippen LogP contribution is 2.32. The van der Waals surface area contributed by atoms with Gasteiger partial charge < -0.3 is 9.84 Å². The first-order valence-corrected chi connectivity index (χ1v) is 7.12. The summed E-state index contributed by atoms with van der Waals surface area (Å²) in [7, 11) is 1.52. The lowest BCUT2D eigenvalue weighted by molar-refractivity contribution is 0.0697. The fraction of sp³-hybridized carbons (Fsp3) is 0.231. The van der Waals surface area contributed by atoms with Crippen LogP contribution in [0.3, 0.4) is 0 Å². The summed E-state index contributed by atoms with van der Waals surface area (Å²) >= 11 is 4.58. The molecule has 4 nitrogen and oxygen atoms in total. The van der Waals surface area contributed by atoms with Crippen molar-refractivity contribution in [3.8, 4) is 10.6 Å². The molecular formula is C13H12BrNO3S. The molecule has 0 spiro atoms. The van der Waals surface area contributed by atoms with Crippen molar-refractivity contribution in [3.05, 3.63) is 38.8 Å². The van der Waals surface area contributed by atoms with Crippen molar-refractivity contribution < 1.29 is 14.6 Å². The van der Waals surface area contributed by atoms with Crippen LogP contribution < -0.4 is 0 Å². The van der Waals surface area contributed by atoms with Gasteiger partial charge in [0.1, 0.15) is 9.88 Å². The Balaban J connectivity index is 2.50. The van der Waals surface area contributed by atoms with E-state index in [-0.39, 0.29) is 11.5 Å². The minimum absolute atomic E-state index is 0.202. The number of halogens is 1. The maximum absolute atomic E-state index is 11.2. The number of hydrogen-bond donors (Lipinski definition) is 1. The number of carboxylic acids is 1. The summed E-state index contributed by atoms with van der Waals surface area (Å²) in [6.07, 6.45) is 0. The Morgan fingerprint density at radius 1 is 1.53 bits per heavy atom. The molecule has 0 atom stereocenters. The average Bonchev–Trinajstić information content (AvgIpc) is 2.73. The van der Waals surface area contributed by atoms with Crippen LogP contribution in [0.2, 0.25) is 0 Å². The predicted octanol–water partition coefficient (Wildman–Crippen LogP) is 3.73. The third-order valence-electron chi connectivity index (χ3n) is 2.59. The summed E-state index contributed by atoms with van der Waals surface area (Å²) in [5.41, 5.74) is 2.46. The van der Waals surface area contributed by atoms with Crippen LogP contribution in [0.5, 0.6) is 0 Å². The molecule has 1 aromatic heterocycles. The number of ether oxygens (including phenoxy) is 1. The van der Waals surface area contributed by atoms with Gasteiger partial charge in [0.25, 0.3) is 0 Å². The second-order valence-corrected chi connectivity index (χ2v) is 5.91. The van der Waals surface area contributed by atoms with Crippen molar-refractivity contribution in [2.75, 3.05) is 7.11 Å². The molecule has 0 aliphatic rings. The standard InChI is InChI=1S/C13H12BrNO3S/c1-7-5-8(14)3-4-9(7)12-15-10(6-18-2)11(19-12)13(16)17/h3-5H,6H2,1-2H3,(H,16,17). The van der Waals surface area contributed by atoms with Crippen LogP contribution in [-0.2, 0) is 11.3 Å². The Kier molecular flexibility index (Phi) is 4.34. The van der Waals surface area contributed by atoms with Crippen molar-refractivity contribution in [2.24, 2.45) is 0 Å². The van der Waals surface area contributed by atoms with Crippen LogP contribution in [0.4, 0.5) is 0 Å². The van der Waals surface area contributed by atoms with E-state index in [0.29, 0.717) is 10.7 Å². The van der Waals surface area contributed by atoms with Gasteiger partial charge in [-0.25, -0.2) is 9.78 Å². The summed E-state index contributed by atoms with van der Waals surface area (Å²) in [5, 5.41) is 9.88. The first-order chi connectivity index (χ1) is 9.02. The maximum Gasteiger partial charge on any atom is 0.347 e. The van der Waals surface area contributed by atoms with Crippen LogP contribution in [0.15, 0.2) is 22.7 Å². The second kappa shape index (κ2) is 5.81. The number of nitrogens with zero attached hydrogens (tertiary/aromatic N) is 1. The fourth-order valence-electron chi connectivity index (χ4n) is 1.74. The van der Waals surface area contributed by atoms with Crippen LogP contribution in [0.25, 0.3) is 10.6 Å². The van der Waals surface area contributed by atoms with Crippen molar-refractivity contribution in [1.82, 2.24) is 4.98 Å². The quantitative estimate of drug-likeness (QED) is 0.920. The van der Waals surface area contributed by atoms with Crippen molar-refractivity contribution >= 4 is 33.2 Å². The highest BCUT2D eigenvalue weighted by molar-refractivity contribution is 9.10. The molecule has 1 N–H and O–H groups in total. The third kappa shape index (κ3) is 3.02. The number of methoxy groups -OCH3 is 1. The molecule has 0 unspecified atom stereocenters. The van der Waals surface area contributed by atoms with Crippen molar-refractivity contribution in [1.29, 1.82) is 0 Å². The van der Waals surface area contributed by atoms with Gasteiger partial charge in [-0.3, -0.25) is 0 Å². The number of thiazole rings is 1. The first-order valence-electron chi connectivity index (χ1n) is 5.51. The van der Waals surface area contributed by atoms with Gasteiger partial charge in [0, 0.05) is 17.1 Å². The fourth-order valence-corrected chi connectivity index (χ4v) is 3.21. The molecule has 100 valence electrons. The molecule has 0 saturated heterocycles. The second-order valence-electron chi connectivity index (χ2n) is 3.99. The van der Waals surface area contributed by atoms with E-state index in [9.17, 15) is 9.90 Å². The number of aromatic nitrogens is 1. The maximum atomic E-state index is 11.2. The van der Waals surface area contributed by atoms with Crippen LogP contribution in [-0.4, -0.2) is 23.2 Å². The smallest absolute Gasteiger partial charge is 0.347 e. The zero-order chi connectivity index (χ0) is 14.0. The zero-order valence-electron chi connectivity index (χ0n) is 10.4. The van der Waals surface area contributed by atoms with Gasteiger partial charge in [-0.2, -0.15) is 0 Å². The molecule has 1 aromatic carbocycles. The van der Waals surface area contributed by atoms with E-state index < -0.39 is 5.97 Å². The molecule has 0 amide bonds. The summed E-state index contributed by atoms with van der Waals surface area (Å²) < 4.78 is 5.98. The molecule has 19 heavy (non-hydrogen) atoms. The van der Waals surface area contributed by atoms with E-state index in [4.69, 9.17) is 4.74 Å². The van der Waals surface area contributed by atoms with Crippen molar-refractivity contribution in [3.63, 3.8) is 0 Å². The van der Waals surface area contributed by atoms with Crippen molar-refractivity contribution in [2.45, 2.75) is 13.5 Å². The van der Waals surface area contributed by atoms with Gasteiger partial charge >= 0.3 is 5.97 Å². The van der Waals surface area contributed by atoms with E-state index in [0.717, 1.165) is 15.6 Å². The normalized spacial score (nSPS) is 10.7. The molecule has 2 aromatic rings. The van der Waals surface area contributed by atoms with Crippen LogP contribution in [0, 0.1) is 6.92 Å². The molecule has 0 saturated carbocycles. The molecule has 1 heterocycles. The van der Waals surface area contributed by atoms with Gasteiger partial charge in [-0.15, -0.1) is 11.3 Å².